The van der Waals surface area contributed by atoms with Crippen LogP contribution in [0.2, 0.25) is 0 Å². The van der Waals surface area contributed by atoms with Crippen LogP contribution in [0.3, 0.4) is 0 Å². The fraction of sp³-hybridized carbons (Fsp3) is 0.571. The molecular formula is C14H20N2O3S. The molecule has 1 atom stereocenters. The summed E-state index contributed by atoms with van der Waals surface area (Å²) in [7, 11) is -3.11. The Hall–Kier alpha value is -0.950. The highest BCUT2D eigenvalue weighted by molar-refractivity contribution is 7.91. The Bertz CT molecular complexity index is 568. The Labute approximate surface area is 119 Å². The van der Waals surface area contributed by atoms with Crippen molar-refractivity contribution in [2.45, 2.75) is 10.9 Å². The Morgan fingerprint density at radius 2 is 2.00 bits per heavy atom. The first-order chi connectivity index (χ1) is 9.67. The molecule has 0 spiro atoms. The van der Waals surface area contributed by atoms with Crippen molar-refractivity contribution in [2.24, 2.45) is 0 Å². The molecule has 110 valence electrons. The van der Waals surface area contributed by atoms with E-state index in [2.05, 4.69) is 10.2 Å². The first kappa shape index (κ1) is 14.0. The molecule has 5 nitrogen and oxygen atoms in total. The second-order valence-electron chi connectivity index (χ2n) is 5.28. The summed E-state index contributed by atoms with van der Waals surface area (Å²) in [5, 5.41) is 3.38. The zero-order chi connectivity index (χ0) is 14.0. The zero-order valence-corrected chi connectivity index (χ0v) is 12.2. The molecule has 2 heterocycles. The predicted molar refractivity (Wildman–Crippen MR) is 76.5 cm³/mol. The molecule has 0 amide bonds. The normalized spacial score (nSPS) is 25.5. The number of hydrogen-bond acceptors (Lipinski definition) is 5. The van der Waals surface area contributed by atoms with Crippen molar-refractivity contribution < 1.29 is 13.2 Å². The second-order valence-corrected chi connectivity index (χ2v) is 7.28. The largest absolute Gasteiger partial charge is 0.379 e. The van der Waals surface area contributed by atoms with E-state index < -0.39 is 9.84 Å². The van der Waals surface area contributed by atoms with Crippen molar-refractivity contribution in [2.75, 3.05) is 45.1 Å². The summed E-state index contributed by atoms with van der Waals surface area (Å²) < 4.78 is 29.4. The molecule has 1 aromatic rings. The molecule has 0 bridgehead atoms. The Morgan fingerprint density at radius 3 is 2.80 bits per heavy atom. The summed E-state index contributed by atoms with van der Waals surface area (Å²) in [4.78, 5) is 2.83. The van der Waals surface area contributed by atoms with E-state index in [1.54, 1.807) is 12.1 Å². The Morgan fingerprint density at radius 1 is 1.25 bits per heavy atom. The molecule has 3 rings (SSSR count). The molecule has 1 unspecified atom stereocenters. The third-order valence-corrected chi connectivity index (χ3v) is 5.75. The molecule has 1 fully saturated rings. The van der Waals surface area contributed by atoms with Crippen LogP contribution in [-0.2, 0) is 14.6 Å². The quantitative estimate of drug-likeness (QED) is 0.873. The molecule has 0 radical (unpaired) electrons. The Kier molecular flexibility index (Phi) is 4.07. The number of nitrogens with zero attached hydrogens (tertiary/aromatic N) is 1. The van der Waals surface area contributed by atoms with Crippen molar-refractivity contribution in [3.8, 4) is 0 Å². The molecule has 1 aromatic carbocycles. The first-order valence-corrected chi connectivity index (χ1v) is 8.67. The third kappa shape index (κ3) is 2.88. The molecule has 1 saturated heterocycles. The van der Waals surface area contributed by atoms with Crippen molar-refractivity contribution in [3.05, 3.63) is 29.8 Å². The maximum atomic E-state index is 12.1. The summed E-state index contributed by atoms with van der Waals surface area (Å²) in [5.41, 5.74) is 0.912. The highest BCUT2D eigenvalue weighted by atomic mass is 32.2. The standard InChI is InChI=1S/C14H20N2O3S/c17-20(18)11-13(12-3-1-2-4-14(12)20)15-5-6-16-7-9-19-10-8-16/h1-4,13,15H,5-11H2. The predicted octanol–water partition coefficient (Wildman–Crippen LogP) is 0.437. The molecule has 2 aliphatic heterocycles. The van der Waals surface area contributed by atoms with Crippen molar-refractivity contribution >= 4 is 9.84 Å². The molecule has 6 heteroatoms. The van der Waals surface area contributed by atoms with Crippen LogP contribution < -0.4 is 5.32 Å². The maximum absolute atomic E-state index is 12.1. The van der Waals surface area contributed by atoms with Gasteiger partial charge in [-0.25, -0.2) is 8.42 Å². The first-order valence-electron chi connectivity index (χ1n) is 7.02. The molecule has 0 aliphatic carbocycles. The SMILES string of the molecule is O=S1(=O)CC(NCCN2CCOCC2)c2ccccc21. The number of morpholine rings is 1. The van der Waals surface area contributed by atoms with Gasteiger partial charge in [0.05, 0.1) is 23.9 Å². The topological polar surface area (TPSA) is 58.6 Å². The van der Waals surface area contributed by atoms with Crippen LogP contribution in [0, 0.1) is 0 Å². The molecule has 20 heavy (non-hydrogen) atoms. The van der Waals surface area contributed by atoms with E-state index >= 15 is 0 Å². The number of fused-ring (bicyclic) bond motifs is 1. The van der Waals surface area contributed by atoms with Gasteiger partial charge in [-0.15, -0.1) is 0 Å². The summed E-state index contributed by atoms with van der Waals surface area (Å²) >= 11 is 0. The van der Waals surface area contributed by atoms with Crippen LogP contribution in [0.5, 0.6) is 0 Å². The van der Waals surface area contributed by atoms with Gasteiger partial charge in [-0.2, -0.15) is 0 Å². The van der Waals surface area contributed by atoms with Gasteiger partial charge in [0.25, 0.3) is 0 Å². The fourth-order valence-electron chi connectivity index (χ4n) is 2.84. The van der Waals surface area contributed by atoms with Crippen LogP contribution in [0.4, 0.5) is 0 Å². The van der Waals surface area contributed by atoms with Gasteiger partial charge in [-0.05, 0) is 11.6 Å². The Balaban J connectivity index is 1.59. The summed E-state index contributed by atoms with van der Waals surface area (Å²) in [6.45, 7) is 5.24. The van der Waals surface area contributed by atoms with Crippen LogP contribution in [0.15, 0.2) is 29.2 Å². The van der Waals surface area contributed by atoms with Gasteiger partial charge in [0.15, 0.2) is 9.84 Å². The fourth-order valence-corrected chi connectivity index (χ4v) is 4.61. The smallest absolute Gasteiger partial charge is 0.180 e. The number of ether oxygens (including phenoxy) is 1. The van der Waals surface area contributed by atoms with Gasteiger partial charge < -0.3 is 10.1 Å². The van der Waals surface area contributed by atoms with Crippen LogP contribution in [-0.4, -0.2) is 58.5 Å². The summed E-state index contributed by atoms with van der Waals surface area (Å²) in [6, 6.07) is 7.22. The van der Waals surface area contributed by atoms with Crippen molar-refractivity contribution in [1.29, 1.82) is 0 Å². The number of hydrogen-bond donors (Lipinski definition) is 1. The number of benzene rings is 1. The van der Waals surface area contributed by atoms with E-state index in [0.29, 0.717) is 4.90 Å². The maximum Gasteiger partial charge on any atom is 0.180 e. The highest BCUT2D eigenvalue weighted by Crippen LogP contribution is 2.32. The monoisotopic (exact) mass is 296 g/mol. The van der Waals surface area contributed by atoms with E-state index in [9.17, 15) is 8.42 Å². The summed E-state index contributed by atoms with van der Waals surface area (Å²) in [5.74, 6) is 0.176. The minimum absolute atomic E-state index is 0.0720. The van der Waals surface area contributed by atoms with Gasteiger partial charge in [0, 0.05) is 32.2 Å². The number of rotatable bonds is 4. The molecule has 0 saturated carbocycles. The van der Waals surface area contributed by atoms with Gasteiger partial charge in [0.1, 0.15) is 0 Å². The summed E-state index contributed by atoms with van der Waals surface area (Å²) in [6.07, 6.45) is 0. The second kappa shape index (κ2) is 5.81. The van der Waals surface area contributed by atoms with Gasteiger partial charge >= 0.3 is 0 Å². The van der Waals surface area contributed by atoms with Crippen molar-refractivity contribution in [1.82, 2.24) is 10.2 Å². The molecule has 2 aliphatic rings. The third-order valence-electron chi connectivity index (χ3n) is 3.94. The number of sulfone groups is 1. The van der Waals surface area contributed by atoms with E-state index in [1.807, 2.05) is 12.1 Å². The number of nitrogens with one attached hydrogen (secondary N) is 1. The van der Waals surface area contributed by atoms with Crippen LogP contribution in [0.25, 0.3) is 0 Å². The van der Waals surface area contributed by atoms with E-state index in [0.717, 1.165) is 45.0 Å². The van der Waals surface area contributed by atoms with E-state index in [4.69, 9.17) is 4.74 Å². The van der Waals surface area contributed by atoms with E-state index in [-0.39, 0.29) is 11.8 Å². The lowest BCUT2D eigenvalue weighted by atomic mass is 10.1. The molecule has 0 aromatic heterocycles. The van der Waals surface area contributed by atoms with Gasteiger partial charge in [-0.1, -0.05) is 18.2 Å². The lowest BCUT2D eigenvalue weighted by molar-refractivity contribution is 0.0382. The molecular weight excluding hydrogens is 276 g/mol. The lowest BCUT2D eigenvalue weighted by Gasteiger charge is -2.27. The van der Waals surface area contributed by atoms with Crippen molar-refractivity contribution in [3.63, 3.8) is 0 Å². The van der Waals surface area contributed by atoms with E-state index in [1.165, 1.54) is 0 Å². The molecule has 1 N–H and O–H groups in total. The lowest BCUT2D eigenvalue weighted by Crippen LogP contribution is -2.41. The minimum Gasteiger partial charge on any atom is -0.379 e. The van der Waals surface area contributed by atoms with Gasteiger partial charge in [-0.3, -0.25) is 4.90 Å². The van der Waals surface area contributed by atoms with Crippen LogP contribution in [0.1, 0.15) is 11.6 Å². The van der Waals surface area contributed by atoms with Gasteiger partial charge in [0.2, 0.25) is 0 Å². The average Bonchev–Trinajstić information content (AvgIpc) is 2.72. The zero-order valence-electron chi connectivity index (χ0n) is 11.4. The minimum atomic E-state index is -3.11. The highest BCUT2D eigenvalue weighted by Gasteiger charge is 2.33. The average molecular weight is 296 g/mol. The van der Waals surface area contributed by atoms with Crippen LogP contribution >= 0.6 is 0 Å².